The fourth-order valence-corrected chi connectivity index (χ4v) is 11.4. The van der Waals surface area contributed by atoms with Crippen LogP contribution in [0.2, 0.25) is 15.1 Å². The predicted octanol–water partition coefficient (Wildman–Crippen LogP) is 12.4. The van der Waals surface area contributed by atoms with Crippen molar-refractivity contribution in [2.75, 3.05) is 83.4 Å². The van der Waals surface area contributed by atoms with Crippen LogP contribution >= 0.6 is 34.8 Å². The average molecular weight is 1020 g/mol. The SMILES string of the molecule is COCOC1(c2ccc(Cl)cc2)CCC(OCOC)(c2cc(C3(OCOC)CCC(OCOC)(c4ccc(Cl)cc4)CC3)cc(C3(OCOC)CCC(OCOC)(c4ccc(Cl)cc4)CC3)c2)CC1. The molecule has 0 heterocycles. The van der Waals surface area contributed by atoms with Gasteiger partial charge in [-0.05, 0) is 147 Å². The average Bonchev–Trinajstić information content (AvgIpc) is 3.39. The second kappa shape index (κ2) is 24.3. The lowest BCUT2D eigenvalue weighted by Crippen LogP contribution is -2.46. The first-order valence-electron chi connectivity index (χ1n) is 23.6. The second-order valence-corrected chi connectivity index (χ2v) is 19.9. The zero-order chi connectivity index (χ0) is 49.0. The predicted molar refractivity (Wildman–Crippen MR) is 264 cm³/mol. The number of methoxy groups -OCH3 is 6. The Bertz CT molecular complexity index is 1920. The lowest BCUT2D eigenvalue weighted by Gasteiger charge is -2.49. The lowest BCUT2D eigenvalue weighted by atomic mass is 9.65. The Balaban J connectivity index is 1.38. The van der Waals surface area contributed by atoms with Gasteiger partial charge in [-0.25, -0.2) is 0 Å². The third-order valence-corrected chi connectivity index (χ3v) is 15.7. The molecule has 4 aromatic carbocycles. The summed E-state index contributed by atoms with van der Waals surface area (Å²) in [6.07, 6.45) is 7.32. The summed E-state index contributed by atoms with van der Waals surface area (Å²) in [5.74, 6) is 0. The number of benzene rings is 4. The van der Waals surface area contributed by atoms with Crippen LogP contribution in [0.5, 0.6) is 0 Å². The molecule has 0 saturated heterocycles. The van der Waals surface area contributed by atoms with Crippen LogP contribution in [0.3, 0.4) is 0 Å². The molecule has 3 aliphatic rings. The topological polar surface area (TPSA) is 111 Å². The highest BCUT2D eigenvalue weighted by molar-refractivity contribution is 6.31. The summed E-state index contributed by atoms with van der Waals surface area (Å²) in [4.78, 5) is 0. The van der Waals surface area contributed by atoms with Crippen molar-refractivity contribution in [3.05, 3.63) is 139 Å². The maximum absolute atomic E-state index is 7.01. The Labute approximate surface area is 423 Å². The van der Waals surface area contributed by atoms with Gasteiger partial charge in [-0.2, -0.15) is 0 Å². The summed E-state index contributed by atoms with van der Waals surface area (Å²) in [5.41, 5.74) is 1.64. The highest BCUT2D eigenvalue weighted by Gasteiger charge is 2.52. The Morgan fingerprint density at radius 3 is 0.594 bits per heavy atom. The molecule has 0 unspecified atom stereocenters. The van der Waals surface area contributed by atoms with Crippen LogP contribution in [-0.4, -0.2) is 83.4 Å². The third-order valence-electron chi connectivity index (χ3n) is 14.9. The van der Waals surface area contributed by atoms with E-state index in [2.05, 4.69) is 18.2 Å². The van der Waals surface area contributed by atoms with Gasteiger partial charge in [0.15, 0.2) is 0 Å². The van der Waals surface area contributed by atoms with Gasteiger partial charge in [0.05, 0.1) is 33.6 Å². The summed E-state index contributed by atoms with van der Waals surface area (Å²) in [6, 6.07) is 30.5. The number of halogens is 3. The molecular weight excluding hydrogens is 947 g/mol. The minimum atomic E-state index is -0.815. The van der Waals surface area contributed by atoms with Crippen molar-refractivity contribution in [3.8, 4) is 0 Å². The van der Waals surface area contributed by atoms with Gasteiger partial charge in [-0.1, -0.05) is 89.4 Å². The van der Waals surface area contributed by atoms with Gasteiger partial charge in [0.25, 0.3) is 0 Å². The van der Waals surface area contributed by atoms with Crippen LogP contribution in [-0.2, 0) is 90.4 Å². The van der Waals surface area contributed by atoms with Crippen LogP contribution in [0.4, 0.5) is 0 Å². The molecule has 7 rings (SSSR count). The zero-order valence-electron chi connectivity index (χ0n) is 40.9. The van der Waals surface area contributed by atoms with Crippen molar-refractivity contribution >= 4 is 34.8 Å². The maximum Gasteiger partial charge on any atom is 0.147 e. The Morgan fingerprint density at radius 2 is 0.435 bits per heavy atom. The van der Waals surface area contributed by atoms with Crippen molar-refractivity contribution in [1.82, 2.24) is 0 Å². The highest BCUT2D eigenvalue weighted by atomic mass is 35.5. The molecule has 0 spiro atoms. The van der Waals surface area contributed by atoms with E-state index in [1.807, 2.05) is 72.8 Å². The number of hydrogen-bond donors (Lipinski definition) is 0. The van der Waals surface area contributed by atoms with E-state index in [4.69, 9.17) is 91.6 Å². The first-order chi connectivity index (χ1) is 33.4. The van der Waals surface area contributed by atoms with Crippen molar-refractivity contribution in [3.63, 3.8) is 0 Å². The van der Waals surface area contributed by atoms with Gasteiger partial charge in [0, 0.05) is 57.7 Å². The van der Waals surface area contributed by atoms with Gasteiger partial charge in [-0.3, -0.25) is 0 Å². The van der Waals surface area contributed by atoms with Gasteiger partial charge in [-0.15, -0.1) is 0 Å². The first-order valence-corrected chi connectivity index (χ1v) is 24.8. The number of ether oxygens (including phenoxy) is 12. The van der Waals surface area contributed by atoms with E-state index in [1.165, 1.54) is 0 Å². The summed E-state index contributed by atoms with van der Waals surface area (Å²) in [5, 5.41) is 1.97. The zero-order valence-corrected chi connectivity index (χ0v) is 43.2. The largest absolute Gasteiger partial charge is 0.359 e. The van der Waals surface area contributed by atoms with E-state index < -0.39 is 33.6 Å². The fourth-order valence-electron chi connectivity index (χ4n) is 11.0. The summed E-state index contributed by atoms with van der Waals surface area (Å²) in [7, 11) is 9.89. The summed E-state index contributed by atoms with van der Waals surface area (Å²) < 4.78 is 74.7. The molecule has 69 heavy (non-hydrogen) atoms. The molecule has 0 aliphatic heterocycles. The van der Waals surface area contributed by atoms with Gasteiger partial charge in [0.2, 0.25) is 0 Å². The van der Waals surface area contributed by atoms with Crippen molar-refractivity contribution in [1.29, 1.82) is 0 Å². The van der Waals surface area contributed by atoms with E-state index >= 15 is 0 Å². The molecule has 3 saturated carbocycles. The molecule has 0 radical (unpaired) electrons. The van der Waals surface area contributed by atoms with E-state index in [-0.39, 0.29) is 40.8 Å². The van der Waals surface area contributed by atoms with Gasteiger partial charge in [0.1, 0.15) is 40.8 Å². The van der Waals surface area contributed by atoms with E-state index in [0.717, 1.165) is 33.4 Å². The van der Waals surface area contributed by atoms with Crippen molar-refractivity contribution in [2.24, 2.45) is 0 Å². The van der Waals surface area contributed by atoms with E-state index in [9.17, 15) is 0 Å². The molecule has 3 aliphatic carbocycles. The van der Waals surface area contributed by atoms with Gasteiger partial charge < -0.3 is 56.8 Å². The standard InChI is InChI=1S/C54H69Cl3O12/c1-58-34-64-49(40-7-13-46(55)14-8-40)19-25-52(26-20-49,67-37-61-4)43-31-44(53(68-38-62-5)27-21-50(22-28-53,65-35-59-2)41-9-15-47(56)16-10-41)33-45(32-43)54(69-39-63-6)29-23-51(24-30-54,66-36-60-3)42-11-17-48(57)18-12-42/h7-18,31-33H,19-30,34-39H2,1-6H3. The van der Waals surface area contributed by atoms with Crippen molar-refractivity contribution < 1.29 is 56.8 Å². The molecule has 0 bridgehead atoms. The lowest BCUT2D eigenvalue weighted by molar-refractivity contribution is -0.207. The maximum atomic E-state index is 7.01. The summed E-state index contributed by atoms with van der Waals surface area (Å²) >= 11 is 19.2. The van der Waals surface area contributed by atoms with Crippen LogP contribution in [0, 0.1) is 0 Å². The number of hydrogen-bond acceptors (Lipinski definition) is 12. The quantitative estimate of drug-likeness (QED) is 0.0623. The molecule has 0 N–H and O–H groups in total. The molecule has 378 valence electrons. The molecule has 0 atom stereocenters. The highest BCUT2D eigenvalue weighted by Crippen LogP contribution is 2.56. The molecule has 0 amide bonds. The molecule has 3 fully saturated rings. The molecule has 15 heteroatoms. The first kappa shape index (κ1) is 54.1. The number of rotatable bonds is 24. The van der Waals surface area contributed by atoms with E-state index in [1.54, 1.807) is 42.7 Å². The molecule has 4 aromatic rings. The molecule has 12 nitrogen and oxygen atoms in total. The summed E-state index contributed by atoms with van der Waals surface area (Å²) in [6.45, 7) is 0.607. The van der Waals surface area contributed by atoms with Crippen LogP contribution < -0.4 is 0 Å². The molecule has 0 aromatic heterocycles. The fraction of sp³-hybridized carbons (Fsp3) is 0.556. The van der Waals surface area contributed by atoms with Crippen LogP contribution in [0.15, 0.2) is 91.0 Å². The molecular formula is C54H69Cl3O12. The Kier molecular flexibility index (Phi) is 19.1. The smallest absolute Gasteiger partial charge is 0.147 e. The minimum absolute atomic E-state index is 0.0734. The minimum Gasteiger partial charge on any atom is -0.359 e. The Morgan fingerprint density at radius 1 is 0.275 bits per heavy atom. The monoisotopic (exact) mass is 1010 g/mol. The second-order valence-electron chi connectivity index (χ2n) is 18.6. The van der Waals surface area contributed by atoms with Gasteiger partial charge >= 0.3 is 0 Å². The van der Waals surface area contributed by atoms with Crippen LogP contribution in [0.25, 0.3) is 0 Å². The Hall–Kier alpha value is -2.73. The third kappa shape index (κ3) is 12.0. The normalized spacial score (nSPS) is 28.5. The van der Waals surface area contributed by atoms with Crippen LogP contribution in [0.1, 0.15) is 110 Å². The van der Waals surface area contributed by atoms with E-state index in [0.29, 0.717) is 92.1 Å². The van der Waals surface area contributed by atoms with Crippen molar-refractivity contribution in [2.45, 2.75) is 111 Å².